The van der Waals surface area contributed by atoms with Gasteiger partial charge in [-0.1, -0.05) is 0 Å². The number of amides is 1. The summed E-state index contributed by atoms with van der Waals surface area (Å²) in [5.74, 6) is -0.739. The van der Waals surface area contributed by atoms with Crippen molar-refractivity contribution in [3.63, 3.8) is 0 Å². The molecule has 1 aliphatic heterocycles. The summed E-state index contributed by atoms with van der Waals surface area (Å²) in [6, 6.07) is -0.204. The van der Waals surface area contributed by atoms with Gasteiger partial charge in [0, 0.05) is 12.1 Å². The zero-order valence-corrected chi connectivity index (χ0v) is 12.0. The molecule has 1 saturated carbocycles. The Labute approximate surface area is 118 Å². The van der Waals surface area contributed by atoms with Crippen LogP contribution < -0.4 is 0 Å². The first kappa shape index (κ1) is 15.0. The van der Waals surface area contributed by atoms with Crippen molar-refractivity contribution >= 4 is 17.6 Å². The molecule has 1 N–H and O–H groups in total. The van der Waals surface area contributed by atoms with Gasteiger partial charge in [0.1, 0.15) is 0 Å². The van der Waals surface area contributed by atoms with Gasteiger partial charge in [0.2, 0.25) is 0 Å². The highest BCUT2D eigenvalue weighted by Gasteiger charge is 2.41. The van der Waals surface area contributed by atoms with E-state index in [1.807, 2.05) is 0 Å². The van der Waals surface area contributed by atoms with Crippen LogP contribution in [0.3, 0.4) is 0 Å². The van der Waals surface area contributed by atoms with Crippen LogP contribution in [-0.4, -0.2) is 46.5 Å². The molecule has 0 spiro atoms. The van der Waals surface area contributed by atoms with Gasteiger partial charge in [-0.25, -0.2) is 5.01 Å². The maximum absolute atomic E-state index is 12.4. The molecule has 0 bridgehead atoms. The molecule has 0 aromatic carbocycles. The van der Waals surface area contributed by atoms with E-state index in [0.29, 0.717) is 13.0 Å². The fraction of sp³-hybridized carbons (Fsp3) is 0.786. The molecule has 1 aliphatic carbocycles. The molecule has 2 rings (SSSR count). The third-order valence-corrected chi connectivity index (χ3v) is 3.99. The Hall–Kier alpha value is -1.43. The molecule has 20 heavy (non-hydrogen) atoms. The number of hydrogen-bond donors (Lipinski definition) is 1. The van der Waals surface area contributed by atoms with Crippen molar-refractivity contribution in [2.75, 3.05) is 6.61 Å². The molecule has 1 amide bonds. The summed E-state index contributed by atoms with van der Waals surface area (Å²) in [6.07, 6.45) is 2.58. The van der Waals surface area contributed by atoms with Gasteiger partial charge in [-0.2, -0.15) is 5.10 Å². The number of esters is 1. The first-order valence-electron chi connectivity index (χ1n) is 7.26. The zero-order chi connectivity index (χ0) is 14.7. The van der Waals surface area contributed by atoms with Crippen LogP contribution in [0.15, 0.2) is 5.10 Å². The van der Waals surface area contributed by atoms with Crippen molar-refractivity contribution in [2.45, 2.75) is 58.1 Å². The highest BCUT2D eigenvalue weighted by Crippen LogP contribution is 2.30. The molecular weight excluding hydrogens is 260 g/mol. The van der Waals surface area contributed by atoms with E-state index in [1.54, 1.807) is 13.8 Å². The highest BCUT2D eigenvalue weighted by atomic mass is 16.5. The number of aliphatic hydroxyl groups is 1. The third-order valence-electron chi connectivity index (χ3n) is 3.99. The van der Waals surface area contributed by atoms with Crippen LogP contribution in [0.2, 0.25) is 0 Å². The largest absolute Gasteiger partial charge is 0.466 e. The standard InChI is InChI=1S/C14H22N2O4/c1-3-20-13(18)8-7-10-9(2)15-16(14(10)19)11-5-4-6-12(11)17/h10-12,17H,3-8H2,1-2H3. The van der Waals surface area contributed by atoms with Gasteiger partial charge >= 0.3 is 5.97 Å². The lowest BCUT2D eigenvalue weighted by atomic mass is 9.98. The molecule has 3 atom stereocenters. The van der Waals surface area contributed by atoms with Crippen molar-refractivity contribution in [2.24, 2.45) is 11.0 Å². The first-order valence-corrected chi connectivity index (χ1v) is 7.26. The van der Waals surface area contributed by atoms with E-state index in [0.717, 1.165) is 25.0 Å². The number of ether oxygens (including phenoxy) is 1. The lowest BCUT2D eigenvalue weighted by molar-refractivity contribution is -0.143. The number of hydrazone groups is 1. The van der Waals surface area contributed by atoms with Gasteiger partial charge < -0.3 is 9.84 Å². The molecule has 1 fully saturated rings. The third kappa shape index (κ3) is 3.00. The second-order valence-electron chi connectivity index (χ2n) is 5.39. The lowest BCUT2D eigenvalue weighted by Crippen LogP contribution is -2.40. The molecule has 2 aliphatic rings. The molecule has 1 heterocycles. The summed E-state index contributed by atoms with van der Waals surface area (Å²) in [4.78, 5) is 23.7. The fourth-order valence-corrected chi connectivity index (χ4v) is 2.90. The molecule has 112 valence electrons. The minimum atomic E-state index is -0.487. The van der Waals surface area contributed by atoms with Crippen LogP contribution in [-0.2, 0) is 14.3 Å². The summed E-state index contributed by atoms with van der Waals surface area (Å²) in [5, 5.41) is 15.6. The van der Waals surface area contributed by atoms with E-state index < -0.39 is 6.10 Å². The fourth-order valence-electron chi connectivity index (χ4n) is 2.90. The molecular formula is C14H22N2O4. The Morgan fingerprint density at radius 2 is 2.25 bits per heavy atom. The van der Waals surface area contributed by atoms with E-state index in [4.69, 9.17) is 4.74 Å². The maximum atomic E-state index is 12.4. The smallest absolute Gasteiger partial charge is 0.305 e. The van der Waals surface area contributed by atoms with Crippen molar-refractivity contribution in [1.29, 1.82) is 0 Å². The Morgan fingerprint density at radius 3 is 2.85 bits per heavy atom. The Kier molecular flexibility index (Phi) is 4.75. The highest BCUT2D eigenvalue weighted by molar-refractivity contribution is 6.07. The van der Waals surface area contributed by atoms with E-state index in [2.05, 4.69) is 5.10 Å². The molecule has 0 radical (unpaired) electrons. The summed E-state index contributed by atoms with van der Waals surface area (Å²) in [7, 11) is 0. The monoisotopic (exact) mass is 282 g/mol. The van der Waals surface area contributed by atoms with E-state index in [-0.39, 0.29) is 30.3 Å². The van der Waals surface area contributed by atoms with Crippen molar-refractivity contribution in [3.8, 4) is 0 Å². The minimum absolute atomic E-state index is 0.0993. The van der Waals surface area contributed by atoms with Gasteiger partial charge in [-0.05, 0) is 39.5 Å². The van der Waals surface area contributed by atoms with Gasteiger partial charge in [0.15, 0.2) is 0 Å². The van der Waals surface area contributed by atoms with Gasteiger partial charge in [-0.15, -0.1) is 0 Å². The van der Waals surface area contributed by atoms with E-state index in [1.165, 1.54) is 5.01 Å². The van der Waals surface area contributed by atoms with Crippen LogP contribution in [0, 0.1) is 5.92 Å². The molecule has 0 saturated heterocycles. The van der Waals surface area contributed by atoms with Gasteiger partial charge in [0.05, 0.1) is 24.7 Å². The molecule has 0 aromatic heterocycles. The number of carbonyl (C=O) groups is 2. The number of carbonyl (C=O) groups excluding carboxylic acids is 2. The average Bonchev–Trinajstić information content (AvgIpc) is 2.92. The zero-order valence-electron chi connectivity index (χ0n) is 12.0. The lowest BCUT2D eigenvalue weighted by Gasteiger charge is -2.23. The van der Waals surface area contributed by atoms with Crippen molar-refractivity contribution < 1.29 is 19.4 Å². The quantitative estimate of drug-likeness (QED) is 0.765. The predicted molar refractivity (Wildman–Crippen MR) is 73.0 cm³/mol. The minimum Gasteiger partial charge on any atom is -0.466 e. The van der Waals surface area contributed by atoms with Crippen molar-refractivity contribution in [1.82, 2.24) is 5.01 Å². The topological polar surface area (TPSA) is 79.2 Å². The first-order chi connectivity index (χ1) is 9.54. The summed E-state index contributed by atoms with van der Waals surface area (Å²) in [5.41, 5.74) is 0.721. The Morgan fingerprint density at radius 1 is 1.50 bits per heavy atom. The SMILES string of the molecule is CCOC(=O)CCC1C(=O)N(C2CCCC2O)N=C1C. The van der Waals surface area contributed by atoms with Crippen LogP contribution in [0.4, 0.5) is 0 Å². The average molecular weight is 282 g/mol. The number of aliphatic hydroxyl groups excluding tert-OH is 1. The normalized spacial score (nSPS) is 29.8. The molecule has 0 aromatic rings. The second-order valence-corrected chi connectivity index (χ2v) is 5.39. The molecule has 6 heteroatoms. The summed E-state index contributed by atoms with van der Waals surface area (Å²) >= 11 is 0. The molecule has 3 unspecified atom stereocenters. The Bertz CT molecular complexity index is 421. The van der Waals surface area contributed by atoms with Crippen LogP contribution >= 0.6 is 0 Å². The number of hydrogen-bond acceptors (Lipinski definition) is 5. The summed E-state index contributed by atoms with van der Waals surface area (Å²) in [6.45, 7) is 3.91. The van der Waals surface area contributed by atoms with Gasteiger partial charge in [0.25, 0.3) is 5.91 Å². The van der Waals surface area contributed by atoms with E-state index >= 15 is 0 Å². The van der Waals surface area contributed by atoms with Crippen molar-refractivity contribution in [3.05, 3.63) is 0 Å². The van der Waals surface area contributed by atoms with Crippen LogP contribution in [0.1, 0.15) is 46.0 Å². The number of nitrogens with zero attached hydrogens (tertiary/aromatic N) is 2. The summed E-state index contributed by atoms with van der Waals surface area (Å²) < 4.78 is 4.87. The van der Waals surface area contributed by atoms with Crippen LogP contribution in [0.5, 0.6) is 0 Å². The maximum Gasteiger partial charge on any atom is 0.305 e. The predicted octanol–water partition coefficient (Wildman–Crippen LogP) is 1.08. The number of rotatable bonds is 5. The van der Waals surface area contributed by atoms with Gasteiger partial charge in [-0.3, -0.25) is 9.59 Å². The Balaban J connectivity index is 1.94. The van der Waals surface area contributed by atoms with E-state index in [9.17, 15) is 14.7 Å². The molecule has 6 nitrogen and oxygen atoms in total. The van der Waals surface area contributed by atoms with Crippen LogP contribution in [0.25, 0.3) is 0 Å². The second kappa shape index (κ2) is 6.35.